The molecule has 3 aromatic carbocycles. The van der Waals surface area contributed by atoms with E-state index in [2.05, 4.69) is 86.6 Å². The summed E-state index contributed by atoms with van der Waals surface area (Å²) in [6.45, 7) is 4.41. The van der Waals surface area contributed by atoms with Crippen molar-refractivity contribution in [2.75, 3.05) is 0 Å². The highest BCUT2D eigenvalue weighted by molar-refractivity contribution is 5.38. The van der Waals surface area contributed by atoms with Gasteiger partial charge in [-0.15, -0.1) is 0 Å². The Kier molecular flexibility index (Phi) is 4.39. The molecule has 0 aliphatic carbocycles. The zero-order valence-electron chi connectivity index (χ0n) is 13.3. The molecule has 0 atom stereocenters. The highest BCUT2D eigenvalue weighted by atomic mass is 14.1. The van der Waals surface area contributed by atoms with Crippen molar-refractivity contribution in [2.24, 2.45) is 0 Å². The molecule has 0 unspecified atom stereocenters. The quantitative estimate of drug-likeness (QED) is 0.595. The Balaban J connectivity index is 1.79. The second kappa shape index (κ2) is 6.62. The minimum atomic E-state index is 1.01. The van der Waals surface area contributed by atoms with Crippen LogP contribution in [-0.2, 0) is 12.8 Å². The topological polar surface area (TPSA) is 0 Å². The molecule has 0 aromatic heterocycles. The minimum Gasteiger partial charge on any atom is -0.0622 e. The average molecular weight is 286 g/mol. The zero-order chi connectivity index (χ0) is 15.4. The molecule has 3 aromatic rings. The summed E-state index contributed by atoms with van der Waals surface area (Å²) in [5, 5.41) is 0. The summed E-state index contributed by atoms with van der Waals surface area (Å²) >= 11 is 0. The van der Waals surface area contributed by atoms with Gasteiger partial charge in [0.05, 0.1) is 0 Å². The second-order valence-electron chi connectivity index (χ2n) is 6.03. The van der Waals surface area contributed by atoms with E-state index in [4.69, 9.17) is 0 Å². The van der Waals surface area contributed by atoms with Crippen molar-refractivity contribution in [3.05, 3.63) is 106 Å². The molecule has 3 rings (SSSR count). The fraction of sp³-hybridized carbons (Fsp3) is 0.182. The lowest BCUT2D eigenvalue weighted by Crippen LogP contribution is -1.96. The van der Waals surface area contributed by atoms with Gasteiger partial charge >= 0.3 is 0 Å². The summed E-state index contributed by atoms with van der Waals surface area (Å²) < 4.78 is 0. The Hall–Kier alpha value is -2.34. The molecule has 0 saturated heterocycles. The summed E-state index contributed by atoms with van der Waals surface area (Å²) in [6, 6.07) is 26.2. The number of rotatable bonds is 4. The largest absolute Gasteiger partial charge is 0.0622 e. The second-order valence-corrected chi connectivity index (χ2v) is 6.03. The van der Waals surface area contributed by atoms with Gasteiger partial charge in [-0.1, -0.05) is 72.8 Å². The normalized spacial score (nSPS) is 10.6. The van der Waals surface area contributed by atoms with E-state index < -0.39 is 0 Å². The van der Waals surface area contributed by atoms with E-state index in [0.29, 0.717) is 0 Å². The van der Waals surface area contributed by atoms with Crippen molar-refractivity contribution in [3.8, 4) is 0 Å². The molecule has 0 aliphatic heterocycles. The van der Waals surface area contributed by atoms with Gasteiger partial charge in [-0.05, 0) is 60.1 Å². The van der Waals surface area contributed by atoms with E-state index in [0.717, 1.165) is 12.8 Å². The monoisotopic (exact) mass is 286 g/mol. The van der Waals surface area contributed by atoms with Gasteiger partial charge in [-0.2, -0.15) is 0 Å². The smallest absolute Gasteiger partial charge is 0.00230 e. The van der Waals surface area contributed by atoms with Crippen molar-refractivity contribution < 1.29 is 0 Å². The molecule has 0 heterocycles. The molecule has 22 heavy (non-hydrogen) atoms. The molecule has 110 valence electrons. The first-order valence-corrected chi connectivity index (χ1v) is 7.89. The standard InChI is InChI=1S/C22H22/c1-17-8-6-7-11-21(17)16-20-12-13-22(18(2)14-20)15-19-9-4-3-5-10-19/h3-14H,15-16H2,1-2H3. The molecule has 0 N–H and O–H groups in total. The van der Waals surface area contributed by atoms with Crippen LogP contribution in [0.2, 0.25) is 0 Å². The summed E-state index contributed by atoms with van der Waals surface area (Å²) in [5.74, 6) is 0. The highest BCUT2D eigenvalue weighted by Gasteiger charge is 2.04. The average Bonchev–Trinajstić information content (AvgIpc) is 2.53. The lowest BCUT2D eigenvalue weighted by molar-refractivity contribution is 1.11. The van der Waals surface area contributed by atoms with Gasteiger partial charge in [0.1, 0.15) is 0 Å². The predicted octanol–water partition coefficient (Wildman–Crippen LogP) is 5.49. The van der Waals surface area contributed by atoms with Gasteiger partial charge in [0.15, 0.2) is 0 Å². The highest BCUT2D eigenvalue weighted by Crippen LogP contribution is 2.19. The Morgan fingerprint density at radius 3 is 1.91 bits per heavy atom. The van der Waals surface area contributed by atoms with Crippen LogP contribution in [0.4, 0.5) is 0 Å². The third-order valence-electron chi connectivity index (χ3n) is 4.30. The van der Waals surface area contributed by atoms with Crippen molar-refractivity contribution in [1.29, 1.82) is 0 Å². The van der Waals surface area contributed by atoms with Crippen LogP contribution in [0, 0.1) is 13.8 Å². The van der Waals surface area contributed by atoms with Crippen LogP contribution in [0.15, 0.2) is 72.8 Å². The number of hydrogen-bond acceptors (Lipinski definition) is 0. The number of benzene rings is 3. The van der Waals surface area contributed by atoms with Crippen molar-refractivity contribution in [3.63, 3.8) is 0 Å². The van der Waals surface area contributed by atoms with E-state index in [-0.39, 0.29) is 0 Å². The van der Waals surface area contributed by atoms with Gasteiger partial charge in [-0.3, -0.25) is 0 Å². The summed E-state index contributed by atoms with van der Waals surface area (Å²) in [4.78, 5) is 0. The maximum atomic E-state index is 2.34. The molecule has 0 aliphatic rings. The van der Waals surface area contributed by atoms with Gasteiger partial charge in [-0.25, -0.2) is 0 Å². The van der Waals surface area contributed by atoms with E-state index in [1.165, 1.54) is 33.4 Å². The van der Waals surface area contributed by atoms with E-state index in [9.17, 15) is 0 Å². The van der Waals surface area contributed by atoms with Crippen LogP contribution in [0.3, 0.4) is 0 Å². The minimum absolute atomic E-state index is 1.01. The fourth-order valence-corrected chi connectivity index (χ4v) is 2.91. The Labute approximate surface area is 133 Å². The van der Waals surface area contributed by atoms with E-state index in [1.807, 2.05) is 0 Å². The maximum absolute atomic E-state index is 2.34. The van der Waals surface area contributed by atoms with E-state index >= 15 is 0 Å². The molecule has 0 amide bonds. The van der Waals surface area contributed by atoms with Gasteiger partial charge in [0.25, 0.3) is 0 Å². The van der Waals surface area contributed by atoms with Crippen LogP contribution in [0.5, 0.6) is 0 Å². The summed E-state index contributed by atoms with van der Waals surface area (Å²) in [7, 11) is 0. The Morgan fingerprint density at radius 2 is 1.18 bits per heavy atom. The molecule has 0 saturated carbocycles. The molecule has 0 radical (unpaired) electrons. The van der Waals surface area contributed by atoms with Gasteiger partial charge in [0.2, 0.25) is 0 Å². The van der Waals surface area contributed by atoms with Gasteiger partial charge in [0, 0.05) is 0 Å². The van der Waals surface area contributed by atoms with Gasteiger partial charge < -0.3 is 0 Å². The third-order valence-corrected chi connectivity index (χ3v) is 4.30. The molecule has 0 spiro atoms. The van der Waals surface area contributed by atoms with Crippen molar-refractivity contribution in [1.82, 2.24) is 0 Å². The van der Waals surface area contributed by atoms with Crippen molar-refractivity contribution >= 4 is 0 Å². The molecule has 0 fully saturated rings. The Bertz CT molecular complexity index is 754. The van der Waals surface area contributed by atoms with Crippen LogP contribution < -0.4 is 0 Å². The van der Waals surface area contributed by atoms with Crippen molar-refractivity contribution in [2.45, 2.75) is 26.7 Å². The molecule has 0 heteroatoms. The van der Waals surface area contributed by atoms with E-state index in [1.54, 1.807) is 0 Å². The molecular weight excluding hydrogens is 264 g/mol. The summed E-state index contributed by atoms with van der Waals surface area (Å²) in [6.07, 6.45) is 2.02. The fourth-order valence-electron chi connectivity index (χ4n) is 2.91. The first-order valence-electron chi connectivity index (χ1n) is 7.89. The Morgan fingerprint density at radius 1 is 0.545 bits per heavy atom. The summed E-state index contributed by atoms with van der Waals surface area (Å²) in [5.41, 5.74) is 8.35. The first kappa shape index (κ1) is 14.6. The third kappa shape index (κ3) is 3.46. The molecular formula is C22H22. The predicted molar refractivity (Wildman–Crippen MR) is 94.4 cm³/mol. The maximum Gasteiger partial charge on any atom is -0.00230 e. The van der Waals surface area contributed by atoms with Crippen LogP contribution in [-0.4, -0.2) is 0 Å². The molecule has 0 nitrogen and oxygen atoms in total. The lowest BCUT2D eigenvalue weighted by Gasteiger charge is -2.10. The van der Waals surface area contributed by atoms with Crippen LogP contribution >= 0.6 is 0 Å². The number of aryl methyl sites for hydroxylation is 2. The number of hydrogen-bond donors (Lipinski definition) is 0. The van der Waals surface area contributed by atoms with Crippen LogP contribution in [0.1, 0.15) is 33.4 Å². The SMILES string of the molecule is Cc1ccccc1Cc1ccc(Cc2ccccc2)c(C)c1. The lowest BCUT2D eigenvalue weighted by atomic mass is 9.95. The molecule has 0 bridgehead atoms. The first-order chi connectivity index (χ1) is 10.7. The zero-order valence-corrected chi connectivity index (χ0v) is 13.3. The van der Waals surface area contributed by atoms with Crippen LogP contribution in [0.25, 0.3) is 0 Å².